The highest BCUT2D eigenvalue weighted by atomic mass is 16.7. The highest BCUT2D eigenvalue weighted by Crippen LogP contribution is 2.26. The van der Waals surface area contributed by atoms with Crippen LogP contribution in [0.2, 0.25) is 0 Å². The van der Waals surface area contributed by atoms with Crippen LogP contribution in [0.5, 0.6) is 5.75 Å². The van der Waals surface area contributed by atoms with Crippen molar-refractivity contribution in [1.29, 1.82) is 0 Å². The maximum Gasteiger partial charge on any atom is 0.352 e. The number of carbonyl (C=O) groups excluding carboxylic acids is 23. The van der Waals surface area contributed by atoms with E-state index in [4.69, 9.17) is 47.4 Å². The molecular formula is C102H166O40. The minimum absolute atomic E-state index is 0.0353. The molecule has 0 amide bonds. The standard InChI is InChI=1S/C18H22O5.C13H22O5.C12H20O6.C12H20O5.C11H18O6.C10H18O3.C9H16O4.C9H16O3.C8H14O3/c1-12(22-13(2)19)17(21)23-15-9-7-6-8-14(15)10-11-16(20)18(3,4)5;1-9(18-10(2)14)12(16)17-8-6-7-11(15)13(3,4)5;1-7(16-8(2)13)10(14)17-9(3)18-11(15)12(4,5)6;1-9(13)17-8-11(15)16-7-5-6-10(14)12(2,3)4;1-7(17-8(2)12)9(13)15-6-16-10(14)11(3,4)5;1-8(11)13-7-5-6-9(12)10(2,3)4;1-6(10)12-7(2)13-8(11)9(3,4)5;1-6(12-7(2)10)8(11)9(3,4)5;1-6(9)11-5-7(10)8(2,3)4/h6-12H,1-5H3;9H,6-8H2,1-5H3;7,9H,1-6H3;5-8H2,1-4H3;7H,6H2,1-5H3;5-7H2,1-4H3;7H,1-5H3;6H,1-5H3;5H2,1-4H3/b11-10-;;;;;;;;. The molecule has 0 aromatic heterocycles. The summed E-state index contributed by atoms with van der Waals surface area (Å²) in [6.45, 7) is 69.4. The molecule has 40 nitrogen and oxygen atoms in total. The molecule has 814 valence electrons. The Balaban J connectivity index is -0.000000239. The number of allylic oxidation sites excluding steroid dienone is 1. The van der Waals surface area contributed by atoms with E-state index < -0.39 is 172 Å². The Morgan fingerprint density at radius 2 is 0.570 bits per heavy atom. The van der Waals surface area contributed by atoms with E-state index in [1.807, 2.05) is 83.1 Å². The minimum Gasteiger partial charge on any atom is -0.466 e. The maximum absolute atomic E-state index is 11.9. The van der Waals surface area contributed by atoms with Crippen LogP contribution in [0.1, 0.15) is 342 Å². The molecule has 0 aliphatic rings. The van der Waals surface area contributed by atoms with Crippen LogP contribution in [0.15, 0.2) is 30.3 Å². The third-order valence-corrected chi connectivity index (χ3v) is 16.4. The molecule has 1 aromatic rings. The summed E-state index contributed by atoms with van der Waals surface area (Å²) < 4.78 is 80.6. The van der Waals surface area contributed by atoms with Gasteiger partial charge >= 0.3 is 101 Å². The van der Waals surface area contributed by atoms with Gasteiger partial charge in [0.25, 0.3) is 0 Å². The predicted molar refractivity (Wildman–Crippen MR) is 518 cm³/mol. The second kappa shape index (κ2) is 70.6. The zero-order chi connectivity index (χ0) is 114. The molecule has 40 heteroatoms. The van der Waals surface area contributed by atoms with Gasteiger partial charge in [0.05, 0.1) is 36.1 Å². The topological polar surface area (TPSA) is 550 Å². The summed E-state index contributed by atoms with van der Waals surface area (Å²) in [5, 5.41) is 0. The van der Waals surface area contributed by atoms with E-state index in [2.05, 4.69) is 33.2 Å². The summed E-state index contributed by atoms with van der Waals surface area (Å²) in [6.07, 6.45) is -0.532. The number of esters is 17. The van der Waals surface area contributed by atoms with E-state index in [0.29, 0.717) is 56.4 Å². The Morgan fingerprint density at radius 3 is 0.894 bits per heavy atom. The molecular weight excluding hydrogens is 1870 g/mol. The van der Waals surface area contributed by atoms with Crippen molar-refractivity contribution in [2.24, 2.45) is 48.7 Å². The lowest BCUT2D eigenvalue weighted by molar-refractivity contribution is -0.198. The van der Waals surface area contributed by atoms with Crippen LogP contribution in [0, 0.1) is 48.7 Å². The van der Waals surface area contributed by atoms with Crippen LogP contribution < -0.4 is 4.74 Å². The molecule has 1 rings (SSSR count). The number of hydrogen-bond donors (Lipinski definition) is 0. The second-order valence-corrected chi connectivity index (χ2v) is 40.8. The quantitative estimate of drug-likeness (QED) is 0.0152. The average molecular weight is 2030 g/mol. The molecule has 142 heavy (non-hydrogen) atoms. The molecule has 0 heterocycles. The fraction of sp³-hybridized carbons (Fsp3) is 0.696. The van der Waals surface area contributed by atoms with E-state index in [1.165, 1.54) is 110 Å². The zero-order valence-electron chi connectivity index (χ0n) is 92.3. The van der Waals surface area contributed by atoms with Crippen LogP contribution >= 0.6 is 0 Å². The van der Waals surface area contributed by atoms with Gasteiger partial charge in [-0.25, -0.2) is 24.0 Å². The number of ketones is 6. The Hall–Kier alpha value is -12.0. The molecule has 0 saturated heterocycles. The first-order chi connectivity index (χ1) is 63.8. The lowest BCUT2D eigenvalue weighted by atomic mass is 9.88. The predicted octanol–water partition coefficient (Wildman–Crippen LogP) is 15.1. The van der Waals surface area contributed by atoms with E-state index in [0.717, 1.165) is 0 Å². The number of carbonyl (C=O) groups is 23. The van der Waals surface area contributed by atoms with Gasteiger partial charge < -0.3 is 80.5 Å². The minimum atomic E-state index is -1.03. The number of para-hydroxylation sites is 1. The largest absolute Gasteiger partial charge is 0.466 e. The zero-order valence-corrected chi connectivity index (χ0v) is 92.3. The number of hydrogen-bond acceptors (Lipinski definition) is 40. The van der Waals surface area contributed by atoms with Gasteiger partial charge in [-0.2, -0.15) is 0 Å². The van der Waals surface area contributed by atoms with Gasteiger partial charge in [0, 0.05) is 133 Å². The third kappa shape index (κ3) is 85.9. The van der Waals surface area contributed by atoms with Gasteiger partial charge in [-0.15, -0.1) is 0 Å². The molecule has 0 aliphatic heterocycles. The van der Waals surface area contributed by atoms with Crippen LogP contribution in [0.25, 0.3) is 6.08 Å². The Labute approximate surface area is 838 Å². The van der Waals surface area contributed by atoms with Gasteiger partial charge in [0.2, 0.25) is 19.4 Å². The molecule has 0 N–H and O–H groups in total. The molecule has 0 fully saturated rings. The maximum atomic E-state index is 11.9. The van der Waals surface area contributed by atoms with Crippen LogP contribution in [0.4, 0.5) is 0 Å². The van der Waals surface area contributed by atoms with Crippen molar-refractivity contribution in [3.8, 4) is 5.75 Å². The fourth-order valence-corrected chi connectivity index (χ4v) is 8.19. The summed E-state index contributed by atoms with van der Waals surface area (Å²) in [5.41, 5.74) is -3.68. The van der Waals surface area contributed by atoms with Crippen molar-refractivity contribution in [1.82, 2.24) is 0 Å². The molecule has 0 saturated carbocycles. The first-order valence-corrected chi connectivity index (χ1v) is 45.8. The SMILES string of the molecule is CC(=O)OC(C)C(=O)C(C)(C)C.CC(=O)OC(C)C(=O)OC(C)OC(=O)C(C)(C)C.CC(=O)OC(C)C(=O)OCCCC(=O)C(C)(C)C.CC(=O)OC(C)C(=O)OCOC(=O)C(C)(C)C.CC(=O)OC(C)C(=O)Oc1ccccc1/C=C\C(=O)C(C)(C)C.CC(=O)OC(C)OC(=O)C(C)(C)C.CC(=O)OCC(=O)C(C)(C)C.CC(=O)OCC(=O)OCCCC(=O)C(C)(C)C.CC(=O)OCCCC(=O)C(C)(C)C. The molecule has 0 aliphatic carbocycles. The Bertz CT molecular complexity index is 4260. The molecule has 0 spiro atoms. The van der Waals surface area contributed by atoms with Crippen LogP contribution in [-0.4, -0.2) is 219 Å². The lowest BCUT2D eigenvalue weighted by Crippen LogP contribution is -2.33. The van der Waals surface area contributed by atoms with E-state index in [-0.39, 0.29) is 89.3 Å². The third-order valence-electron chi connectivity index (χ3n) is 16.4. The summed E-state index contributed by atoms with van der Waals surface area (Å²) >= 11 is 0. The van der Waals surface area contributed by atoms with Gasteiger partial charge in [0.1, 0.15) is 29.7 Å². The number of rotatable bonds is 35. The Kier molecular flexibility index (Phi) is 72.2. The van der Waals surface area contributed by atoms with Crippen molar-refractivity contribution in [2.75, 3.05) is 39.8 Å². The van der Waals surface area contributed by atoms with E-state index in [9.17, 15) is 110 Å². The number of ether oxygens (including phenoxy) is 17. The smallest absolute Gasteiger partial charge is 0.352 e. The van der Waals surface area contributed by atoms with Gasteiger partial charge in [-0.3, -0.25) is 86.3 Å². The van der Waals surface area contributed by atoms with Crippen molar-refractivity contribution < 1.29 is 191 Å². The van der Waals surface area contributed by atoms with Crippen molar-refractivity contribution in [3.05, 3.63) is 35.9 Å². The van der Waals surface area contributed by atoms with Gasteiger partial charge in [-0.1, -0.05) is 143 Å². The molecule has 1 aromatic carbocycles. The van der Waals surface area contributed by atoms with Crippen molar-refractivity contribution in [2.45, 2.75) is 379 Å². The summed E-state index contributed by atoms with van der Waals surface area (Å²) in [5.74, 6) is -8.48. The van der Waals surface area contributed by atoms with Gasteiger partial charge in [0.15, 0.2) is 54.5 Å². The fourth-order valence-electron chi connectivity index (χ4n) is 8.19. The lowest BCUT2D eigenvalue weighted by Gasteiger charge is -2.21. The van der Waals surface area contributed by atoms with E-state index in [1.54, 1.807) is 141 Å². The highest BCUT2D eigenvalue weighted by molar-refractivity contribution is 5.98. The molecule has 7 atom stereocenters. The molecule has 0 bridgehead atoms. The Morgan fingerprint density at radius 1 is 0.268 bits per heavy atom. The van der Waals surface area contributed by atoms with Crippen LogP contribution in [0.3, 0.4) is 0 Å². The first-order valence-electron chi connectivity index (χ1n) is 45.8. The second-order valence-electron chi connectivity index (χ2n) is 40.8. The summed E-state index contributed by atoms with van der Waals surface area (Å²) in [6, 6.07) is 6.82. The monoisotopic (exact) mass is 2030 g/mol. The van der Waals surface area contributed by atoms with Crippen molar-refractivity contribution in [3.63, 3.8) is 0 Å². The number of Topliss-reactive ketones (excluding diaryl/α,β-unsaturated/α-hetero) is 5. The molecule has 7 unspecified atom stereocenters. The average Bonchev–Trinajstić information content (AvgIpc) is 0.850. The normalized spacial score (nSPS) is 12.5. The van der Waals surface area contributed by atoms with Gasteiger partial charge in [-0.05, 0) is 134 Å². The van der Waals surface area contributed by atoms with E-state index >= 15 is 0 Å². The number of benzene rings is 1. The van der Waals surface area contributed by atoms with Crippen LogP contribution in [-0.2, 0) is 186 Å². The summed E-state index contributed by atoms with van der Waals surface area (Å²) in [4.78, 5) is 255. The van der Waals surface area contributed by atoms with Crippen molar-refractivity contribution >= 4 is 142 Å². The first kappa shape index (κ1) is 145. The molecule has 0 radical (unpaired) electrons. The summed E-state index contributed by atoms with van der Waals surface area (Å²) in [7, 11) is 0. The highest BCUT2D eigenvalue weighted by Gasteiger charge is 2.33.